The molecule has 0 fully saturated rings. The summed E-state index contributed by atoms with van der Waals surface area (Å²) >= 11 is 1.17. The molecule has 0 bridgehead atoms. The summed E-state index contributed by atoms with van der Waals surface area (Å²) in [4.78, 5) is 10.9. The summed E-state index contributed by atoms with van der Waals surface area (Å²) in [6.45, 7) is 3.66. The fourth-order valence-corrected chi connectivity index (χ4v) is 2.18. The van der Waals surface area contributed by atoms with Gasteiger partial charge in [-0.05, 0) is 6.92 Å². The maximum absolute atomic E-state index is 10.9. The van der Waals surface area contributed by atoms with Gasteiger partial charge in [0.15, 0.2) is 5.82 Å². The molecule has 0 amide bonds. The summed E-state index contributed by atoms with van der Waals surface area (Å²) in [7, 11) is 0. The van der Waals surface area contributed by atoms with Gasteiger partial charge in [-0.2, -0.15) is 9.78 Å². The van der Waals surface area contributed by atoms with Gasteiger partial charge in [-0.3, -0.25) is 4.79 Å². The van der Waals surface area contributed by atoms with Crippen LogP contribution in [0.2, 0.25) is 0 Å². The third kappa shape index (κ3) is 1.63. The topological polar surface area (TPSA) is 80.4 Å². The minimum Gasteiger partial charge on any atom is -0.480 e. The third-order valence-corrected chi connectivity index (χ3v) is 3.32. The van der Waals surface area contributed by atoms with Gasteiger partial charge in [0.2, 0.25) is 5.16 Å². The average Bonchev–Trinajstić information content (AvgIpc) is 2.58. The number of carboxylic acid groups (broad SMARTS) is 1. The van der Waals surface area contributed by atoms with Gasteiger partial charge in [0, 0.05) is 6.42 Å². The van der Waals surface area contributed by atoms with Gasteiger partial charge in [-0.1, -0.05) is 18.7 Å². The van der Waals surface area contributed by atoms with E-state index < -0.39 is 11.2 Å². The first kappa shape index (κ1) is 10.2. The molecule has 0 aliphatic carbocycles. The Morgan fingerprint density at radius 3 is 2.93 bits per heavy atom. The number of nitrogens with zero attached hydrogens (tertiary/aromatic N) is 4. The van der Waals surface area contributed by atoms with Crippen LogP contribution < -0.4 is 0 Å². The molecule has 0 spiro atoms. The summed E-state index contributed by atoms with van der Waals surface area (Å²) < 4.78 is 1.61. The van der Waals surface area contributed by atoms with Gasteiger partial charge in [-0.15, -0.1) is 10.2 Å². The number of rotatable bonds is 2. The van der Waals surface area contributed by atoms with Crippen LogP contribution in [0.5, 0.6) is 0 Å². The molecule has 1 N–H and O–H groups in total. The van der Waals surface area contributed by atoms with Crippen LogP contribution in [-0.4, -0.2) is 36.9 Å². The molecule has 2 rings (SSSR count). The average molecular weight is 226 g/mol. The van der Waals surface area contributed by atoms with E-state index in [2.05, 4.69) is 15.3 Å². The minimum absolute atomic E-state index is 0.546. The molecule has 2 heterocycles. The molecule has 0 radical (unpaired) electrons. The Morgan fingerprint density at radius 2 is 2.33 bits per heavy atom. The number of hydrogen-bond donors (Lipinski definition) is 1. The number of carbonyl (C=O) groups is 1. The van der Waals surface area contributed by atoms with E-state index in [-0.39, 0.29) is 0 Å². The number of thioether (sulfide) groups is 1. The van der Waals surface area contributed by atoms with Crippen molar-refractivity contribution < 1.29 is 9.90 Å². The molecule has 0 unspecified atom stereocenters. The largest absolute Gasteiger partial charge is 0.480 e. The Labute approximate surface area is 90.4 Å². The molecular formula is C8H10N4O2S. The number of fused-ring (bicyclic) bond motifs is 1. The zero-order valence-corrected chi connectivity index (χ0v) is 9.15. The molecule has 6 nitrogen and oxygen atoms in total. The molecule has 1 atom stereocenters. The lowest BCUT2D eigenvalue weighted by Crippen LogP contribution is -2.28. The van der Waals surface area contributed by atoms with Crippen molar-refractivity contribution in [3.05, 3.63) is 5.82 Å². The SMILES string of the molecule is CCc1nnc2n1N=C(C)[C@H](C(=O)O)S2. The van der Waals surface area contributed by atoms with Crippen molar-refractivity contribution in [3.8, 4) is 0 Å². The predicted octanol–water partition coefficient (Wildman–Crippen LogP) is 0.623. The summed E-state index contributed by atoms with van der Waals surface area (Å²) in [5, 5.41) is 20.9. The van der Waals surface area contributed by atoms with Crippen LogP contribution in [0, 0.1) is 0 Å². The van der Waals surface area contributed by atoms with Gasteiger partial charge in [0.1, 0.15) is 5.25 Å². The molecule has 1 aliphatic heterocycles. The van der Waals surface area contributed by atoms with E-state index in [1.807, 2.05) is 6.92 Å². The van der Waals surface area contributed by atoms with Crippen molar-refractivity contribution in [1.29, 1.82) is 0 Å². The lowest BCUT2D eigenvalue weighted by Gasteiger charge is -2.16. The van der Waals surface area contributed by atoms with Crippen molar-refractivity contribution in [2.45, 2.75) is 30.7 Å². The lowest BCUT2D eigenvalue weighted by atomic mass is 10.3. The zero-order chi connectivity index (χ0) is 11.0. The number of aromatic nitrogens is 3. The Balaban J connectivity index is 2.42. The van der Waals surface area contributed by atoms with Crippen LogP contribution in [-0.2, 0) is 11.2 Å². The van der Waals surface area contributed by atoms with Crippen molar-refractivity contribution in [1.82, 2.24) is 14.9 Å². The van der Waals surface area contributed by atoms with Crippen LogP contribution in [0.15, 0.2) is 10.3 Å². The molecule has 15 heavy (non-hydrogen) atoms. The molecule has 7 heteroatoms. The van der Waals surface area contributed by atoms with Crippen molar-refractivity contribution >= 4 is 23.4 Å². The van der Waals surface area contributed by atoms with Gasteiger partial charge < -0.3 is 5.11 Å². The fourth-order valence-electron chi connectivity index (χ4n) is 1.32. The highest BCUT2D eigenvalue weighted by molar-refractivity contribution is 8.01. The highest BCUT2D eigenvalue weighted by Crippen LogP contribution is 2.28. The monoisotopic (exact) mass is 226 g/mol. The number of carboxylic acids is 1. The van der Waals surface area contributed by atoms with Gasteiger partial charge in [0.05, 0.1) is 5.71 Å². The Bertz CT molecular complexity index is 440. The maximum Gasteiger partial charge on any atom is 0.322 e. The second-order valence-electron chi connectivity index (χ2n) is 3.14. The molecular weight excluding hydrogens is 216 g/mol. The van der Waals surface area contributed by atoms with E-state index in [4.69, 9.17) is 5.11 Å². The van der Waals surface area contributed by atoms with E-state index in [1.165, 1.54) is 11.8 Å². The molecule has 80 valence electrons. The zero-order valence-electron chi connectivity index (χ0n) is 8.34. The summed E-state index contributed by atoms with van der Waals surface area (Å²) in [5.41, 5.74) is 0.564. The Morgan fingerprint density at radius 1 is 1.60 bits per heavy atom. The van der Waals surface area contributed by atoms with Crippen molar-refractivity contribution in [2.75, 3.05) is 0 Å². The van der Waals surface area contributed by atoms with E-state index in [0.717, 1.165) is 12.2 Å². The highest BCUT2D eigenvalue weighted by Gasteiger charge is 2.30. The second-order valence-corrected chi connectivity index (χ2v) is 4.21. The summed E-state index contributed by atoms with van der Waals surface area (Å²) in [5.74, 6) is -0.144. The summed E-state index contributed by atoms with van der Waals surface area (Å²) in [6.07, 6.45) is 0.724. The van der Waals surface area contributed by atoms with E-state index in [9.17, 15) is 4.79 Å². The quantitative estimate of drug-likeness (QED) is 0.799. The van der Waals surface area contributed by atoms with Gasteiger partial charge >= 0.3 is 5.97 Å². The smallest absolute Gasteiger partial charge is 0.322 e. The highest BCUT2D eigenvalue weighted by atomic mass is 32.2. The van der Waals surface area contributed by atoms with Gasteiger partial charge in [0.25, 0.3) is 0 Å². The van der Waals surface area contributed by atoms with Gasteiger partial charge in [-0.25, -0.2) is 0 Å². The van der Waals surface area contributed by atoms with Crippen LogP contribution in [0.4, 0.5) is 0 Å². The minimum atomic E-state index is -0.895. The number of hydrogen-bond acceptors (Lipinski definition) is 5. The molecule has 0 saturated carbocycles. The van der Waals surface area contributed by atoms with E-state index in [0.29, 0.717) is 10.9 Å². The second kappa shape index (κ2) is 3.65. The first-order chi connectivity index (χ1) is 7.13. The van der Waals surface area contributed by atoms with Crippen LogP contribution in [0.1, 0.15) is 19.7 Å². The molecule has 0 saturated heterocycles. The predicted molar refractivity (Wildman–Crippen MR) is 55.2 cm³/mol. The van der Waals surface area contributed by atoms with E-state index >= 15 is 0 Å². The Hall–Kier alpha value is -1.37. The standard InChI is InChI=1S/C8H10N4O2S/c1-3-5-9-10-8-12(5)11-4(2)6(15-8)7(13)14/h6H,3H2,1-2H3,(H,13,14)/t6-/m1/s1. The first-order valence-electron chi connectivity index (χ1n) is 4.52. The first-order valence-corrected chi connectivity index (χ1v) is 5.40. The molecule has 1 aromatic heterocycles. The summed E-state index contributed by atoms with van der Waals surface area (Å²) in [6, 6.07) is 0. The number of aliphatic carboxylic acids is 1. The Kier molecular flexibility index (Phi) is 2.47. The van der Waals surface area contributed by atoms with Crippen LogP contribution in [0.3, 0.4) is 0 Å². The third-order valence-electron chi connectivity index (χ3n) is 2.08. The van der Waals surface area contributed by atoms with E-state index in [1.54, 1.807) is 11.6 Å². The fraction of sp³-hybridized carbons (Fsp3) is 0.500. The van der Waals surface area contributed by atoms with Crippen molar-refractivity contribution in [3.63, 3.8) is 0 Å². The molecule has 1 aliphatic rings. The van der Waals surface area contributed by atoms with Crippen LogP contribution in [0.25, 0.3) is 0 Å². The maximum atomic E-state index is 10.9. The lowest BCUT2D eigenvalue weighted by molar-refractivity contribution is -0.135. The van der Waals surface area contributed by atoms with Crippen molar-refractivity contribution in [2.24, 2.45) is 5.10 Å². The molecule has 1 aromatic rings. The molecule has 0 aromatic carbocycles. The van der Waals surface area contributed by atoms with Crippen LogP contribution >= 0.6 is 11.8 Å². The normalized spacial score (nSPS) is 19.6. The number of aryl methyl sites for hydroxylation is 1.